The third-order valence-corrected chi connectivity index (χ3v) is 4.03. The standard InChI is InChI=1S/C17H28N2O/c1-5-16(12-15-10-8-7-9-11-15)19(6-2)17(20)13(3)14(4)18/h7-11,13-14,16H,5-6,12,18H2,1-4H3. The van der Waals surface area contributed by atoms with Crippen molar-refractivity contribution in [3.8, 4) is 0 Å². The van der Waals surface area contributed by atoms with Crippen molar-refractivity contribution in [1.82, 2.24) is 4.90 Å². The van der Waals surface area contributed by atoms with E-state index in [0.717, 1.165) is 19.4 Å². The van der Waals surface area contributed by atoms with Crippen molar-refractivity contribution in [2.75, 3.05) is 6.54 Å². The summed E-state index contributed by atoms with van der Waals surface area (Å²) in [5.41, 5.74) is 7.15. The lowest BCUT2D eigenvalue weighted by Gasteiger charge is -2.33. The van der Waals surface area contributed by atoms with Crippen LogP contribution in [-0.4, -0.2) is 29.4 Å². The van der Waals surface area contributed by atoms with E-state index in [1.54, 1.807) is 0 Å². The second-order valence-corrected chi connectivity index (χ2v) is 5.52. The lowest BCUT2D eigenvalue weighted by molar-refractivity contribution is -0.137. The Balaban J connectivity index is 2.82. The van der Waals surface area contributed by atoms with Gasteiger partial charge in [-0.25, -0.2) is 0 Å². The van der Waals surface area contributed by atoms with Gasteiger partial charge in [0.25, 0.3) is 0 Å². The van der Waals surface area contributed by atoms with Gasteiger partial charge in [-0.05, 0) is 32.3 Å². The number of nitrogens with two attached hydrogens (primary N) is 1. The Labute approximate surface area is 123 Å². The van der Waals surface area contributed by atoms with E-state index in [9.17, 15) is 4.79 Å². The molecule has 0 aliphatic heterocycles. The van der Waals surface area contributed by atoms with Crippen molar-refractivity contribution < 1.29 is 4.79 Å². The number of rotatable bonds is 7. The molecule has 1 aromatic rings. The van der Waals surface area contributed by atoms with Crippen molar-refractivity contribution in [2.24, 2.45) is 11.7 Å². The zero-order chi connectivity index (χ0) is 15.1. The second-order valence-electron chi connectivity index (χ2n) is 5.52. The first kappa shape index (κ1) is 16.7. The van der Waals surface area contributed by atoms with Gasteiger partial charge in [0.1, 0.15) is 0 Å². The zero-order valence-electron chi connectivity index (χ0n) is 13.2. The first-order chi connectivity index (χ1) is 9.51. The van der Waals surface area contributed by atoms with Crippen LogP contribution in [0.15, 0.2) is 30.3 Å². The molecule has 0 saturated carbocycles. The number of hydrogen-bond donors (Lipinski definition) is 1. The maximum absolute atomic E-state index is 12.6. The minimum atomic E-state index is -0.125. The van der Waals surface area contributed by atoms with Gasteiger partial charge in [0, 0.05) is 18.6 Å². The molecular formula is C17H28N2O. The van der Waals surface area contributed by atoms with Crippen LogP contribution in [0.5, 0.6) is 0 Å². The van der Waals surface area contributed by atoms with Crippen molar-refractivity contribution in [2.45, 2.75) is 52.6 Å². The molecule has 0 fully saturated rings. The molecule has 2 N–H and O–H groups in total. The monoisotopic (exact) mass is 276 g/mol. The zero-order valence-corrected chi connectivity index (χ0v) is 13.2. The molecular weight excluding hydrogens is 248 g/mol. The predicted molar refractivity (Wildman–Crippen MR) is 84.4 cm³/mol. The van der Waals surface area contributed by atoms with Crippen LogP contribution in [-0.2, 0) is 11.2 Å². The average molecular weight is 276 g/mol. The van der Waals surface area contributed by atoms with Gasteiger partial charge in [0.2, 0.25) is 5.91 Å². The molecule has 3 nitrogen and oxygen atoms in total. The third kappa shape index (κ3) is 4.34. The van der Waals surface area contributed by atoms with Crippen molar-refractivity contribution in [3.63, 3.8) is 0 Å². The lowest BCUT2D eigenvalue weighted by Crippen LogP contribution is -2.47. The molecule has 1 rings (SSSR count). The summed E-state index contributed by atoms with van der Waals surface area (Å²) in [6.45, 7) is 8.74. The molecule has 0 spiro atoms. The van der Waals surface area contributed by atoms with Gasteiger partial charge >= 0.3 is 0 Å². The van der Waals surface area contributed by atoms with E-state index < -0.39 is 0 Å². The molecule has 0 saturated heterocycles. The first-order valence-corrected chi connectivity index (χ1v) is 7.61. The fourth-order valence-electron chi connectivity index (χ4n) is 2.44. The minimum absolute atomic E-state index is 0.106. The second kappa shape index (κ2) is 8.05. The summed E-state index contributed by atoms with van der Waals surface area (Å²) in [7, 11) is 0. The molecule has 3 atom stereocenters. The molecule has 0 aliphatic carbocycles. The van der Waals surface area contributed by atoms with Gasteiger partial charge in [-0.15, -0.1) is 0 Å². The van der Waals surface area contributed by atoms with Crippen molar-refractivity contribution in [1.29, 1.82) is 0 Å². The average Bonchev–Trinajstić information content (AvgIpc) is 2.46. The maximum Gasteiger partial charge on any atom is 0.227 e. The van der Waals surface area contributed by atoms with Gasteiger partial charge in [-0.3, -0.25) is 4.79 Å². The van der Waals surface area contributed by atoms with E-state index in [4.69, 9.17) is 5.73 Å². The van der Waals surface area contributed by atoms with Crippen LogP contribution in [0.2, 0.25) is 0 Å². The summed E-state index contributed by atoms with van der Waals surface area (Å²) in [5, 5.41) is 0. The summed E-state index contributed by atoms with van der Waals surface area (Å²) >= 11 is 0. The Morgan fingerprint density at radius 1 is 1.20 bits per heavy atom. The van der Waals surface area contributed by atoms with Crippen LogP contribution in [0.25, 0.3) is 0 Å². The Morgan fingerprint density at radius 3 is 2.25 bits per heavy atom. The van der Waals surface area contributed by atoms with Crippen LogP contribution >= 0.6 is 0 Å². The topological polar surface area (TPSA) is 46.3 Å². The fraction of sp³-hybridized carbons (Fsp3) is 0.588. The van der Waals surface area contributed by atoms with Gasteiger partial charge in [0.15, 0.2) is 0 Å². The maximum atomic E-state index is 12.6. The highest BCUT2D eigenvalue weighted by molar-refractivity contribution is 5.79. The van der Waals surface area contributed by atoms with E-state index >= 15 is 0 Å². The SMILES string of the molecule is CCC(Cc1ccccc1)N(CC)C(=O)C(C)C(C)N. The van der Waals surface area contributed by atoms with Crippen LogP contribution in [0.3, 0.4) is 0 Å². The van der Waals surface area contributed by atoms with Crippen LogP contribution in [0, 0.1) is 5.92 Å². The molecule has 20 heavy (non-hydrogen) atoms. The van der Waals surface area contributed by atoms with Crippen molar-refractivity contribution >= 4 is 5.91 Å². The van der Waals surface area contributed by atoms with E-state index in [-0.39, 0.29) is 23.9 Å². The van der Waals surface area contributed by atoms with Crippen LogP contribution < -0.4 is 5.73 Å². The Kier molecular flexibility index (Phi) is 6.73. The van der Waals surface area contributed by atoms with E-state index in [1.165, 1.54) is 5.56 Å². The summed E-state index contributed by atoms with van der Waals surface area (Å²) in [6.07, 6.45) is 1.86. The number of nitrogens with zero attached hydrogens (tertiary/aromatic N) is 1. The normalized spacial score (nSPS) is 15.4. The molecule has 3 unspecified atom stereocenters. The molecule has 0 bridgehead atoms. The van der Waals surface area contributed by atoms with Crippen LogP contribution in [0.1, 0.15) is 39.7 Å². The number of amides is 1. The molecule has 1 aromatic carbocycles. The Bertz CT molecular complexity index is 403. The van der Waals surface area contributed by atoms with E-state index in [2.05, 4.69) is 19.1 Å². The molecule has 0 aromatic heterocycles. The Morgan fingerprint density at radius 2 is 1.80 bits per heavy atom. The number of carbonyl (C=O) groups excluding carboxylic acids is 1. The minimum Gasteiger partial charge on any atom is -0.339 e. The molecule has 0 aliphatic rings. The molecule has 1 amide bonds. The van der Waals surface area contributed by atoms with Gasteiger partial charge in [-0.2, -0.15) is 0 Å². The van der Waals surface area contributed by atoms with Gasteiger partial charge < -0.3 is 10.6 Å². The summed E-state index contributed by atoms with van der Waals surface area (Å²) in [4.78, 5) is 14.5. The number of likely N-dealkylation sites (N-methyl/N-ethyl adjacent to an activating group) is 1. The highest BCUT2D eigenvalue weighted by Crippen LogP contribution is 2.16. The van der Waals surface area contributed by atoms with Gasteiger partial charge in [-0.1, -0.05) is 44.2 Å². The smallest absolute Gasteiger partial charge is 0.227 e. The van der Waals surface area contributed by atoms with Gasteiger partial charge in [0.05, 0.1) is 5.92 Å². The lowest BCUT2D eigenvalue weighted by atomic mass is 9.98. The fourth-order valence-corrected chi connectivity index (χ4v) is 2.44. The molecule has 3 heteroatoms. The number of carbonyl (C=O) groups is 1. The molecule has 0 radical (unpaired) electrons. The molecule has 0 heterocycles. The van der Waals surface area contributed by atoms with E-state index in [0.29, 0.717) is 0 Å². The Hall–Kier alpha value is -1.35. The highest BCUT2D eigenvalue weighted by atomic mass is 16.2. The van der Waals surface area contributed by atoms with Crippen molar-refractivity contribution in [3.05, 3.63) is 35.9 Å². The van der Waals surface area contributed by atoms with E-state index in [1.807, 2.05) is 43.9 Å². The highest BCUT2D eigenvalue weighted by Gasteiger charge is 2.27. The predicted octanol–water partition coefficient (Wildman–Crippen LogP) is 2.84. The molecule has 112 valence electrons. The summed E-state index contributed by atoms with van der Waals surface area (Å²) in [5.74, 6) is 0.0463. The third-order valence-electron chi connectivity index (χ3n) is 4.03. The number of benzene rings is 1. The quantitative estimate of drug-likeness (QED) is 0.832. The van der Waals surface area contributed by atoms with Crippen LogP contribution in [0.4, 0.5) is 0 Å². The first-order valence-electron chi connectivity index (χ1n) is 7.61. The summed E-state index contributed by atoms with van der Waals surface area (Å²) in [6, 6.07) is 10.5. The largest absolute Gasteiger partial charge is 0.339 e. The number of hydrogen-bond acceptors (Lipinski definition) is 2. The summed E-state index contributed by atoms with van der Waals surface area (Å²) < 4.78 is 0.